The minimum atomic E-state index is -0.0934. The van der Waals surface area contributed by atoms with Crippen molar-refractivity contribution in [2.24, 2.45) is 0 Å². The van der Waals surface area contributed by atoms with Gasteiger partial charge < -0.3 is 14.2 Å². The van der Waals surface area contributed by atoms with E-state index in [4.69, 9.17) is 9.26 Å². The van der Waals surface area contributed by atoms with Crippen molar-refractivity contribution in [1.82, 2.24) is 10.1 Å². The lowest BCUT2D eigenvalue weighted by Crippen LogP contribution is -2.25. The Bertz CT molecular complexity index is 1010. The number of ether oxygens (including phenoxy) is 1. The molecule has 1 atom stereocenters. The molecule has 3 aromatic rings. The number of rotatable bonds is 5. The third kappa shape index (κ3) is 3.26. The number of hydrogen-bond donors (Lipinski definition) is 0. The van der Waals surface area contributed by atoms with Gasteiger partial charge in [-0.05, 0) is 50.1 Å². The molecule has 0 aliphatic carbocycles. The highest BCUT2D eigenvalue weighted by molar-refractivity contribution is 5.97. The van der Waals surface area contributed by atoms with Crippen LogP contribution in [0.25, 0.3) is 11.5 Å². The van der Waals surface area contributed by atoms with Crippen LogP contribution in [0.4, 0.5) is 5.69 Å². The van der Waals surface area contributed by atoms with Crippen molar-refractivity contribution in [2.45, 2.75) is 33.1 Å². The Morgan fingerprint density at radius 2 is 2.00 bits per heavy atom. The number of aromatic nitrogens is 2. The molecule has 0 radical (unpaired) electrons. The van der Waals surface area contributed by atoms with Crippen LogP contribution in [0.1, 0.15) is 36.2 Å². The summed E-state index contributed by atoms with van der Waals surface area (Å²) >= 11 is 0. The minimum absolute atomic E-state index is 0.0831. The molecule has 2 aromatic carbocycles. The number of anilines is 1. The van der Waals surface area contributed by atoms with Crippen molar-refractivity contribution < 1.29 is 14.1 Å². The number of para-hydroxylation sites is 1. The standard InChI is InChI=1S/C22H23N3O3/c1-4-27-19-11-6-5-9-17(19)22-23-21(24-28-22)16-12-20(26)25(13-16)18-10-7-8-14(2)15(18)3/h5-11,16H,4,12-13H2,1-3H3. The molecule has 28 heavy (non-hydrogen) atoms. The van der Waals surface area contributed by atoms with E-state index in [0.717, 1.165) is 16.8 Å². The van der Waals surface area contributed by atoms with Gasteiger partial charge >= 0.3 is 0 Å². The van der Waals surface area contributed by atoms with Gasteiger partial charge in [-0.2, -0.15) is 4.98 Å². The number of benzene rings is 2. The predicted octanol–water partition coefficient (Wildman–Crippen LogP) is 4.27. The summed E-state index contributed by atoms with van der Waals surface area (Å²) in [6.45, 7) is 7.14. The first-order valence-corrected chi connectivity index (χ1v) is 9.51. The quantitative estimate of drug-likeness (QED) is 0.664. The molecule has 1 amide bonds. The molecular formula is C22H23N3O3. The lowest BCUT2D eigenvalue weighted by molar-refractivity contribution is -0.117. The van der Waals surface area contributed by atoms with Gasteiger partial charge in [-0.25, -0.2) is 0 Å². The van der Waals surface area contributed by atoms with Crippen molar-refractivity contribution in [3.05, 3.63) is 59.4 Å². The van der Waals surface area contributed by atoms with Crippen molar-refractivity contribution in [1.29, 1.82) is 0 Å². The van der Waals surface area contributed by atoms with Crippen LogP contribution >= 0.6 is 0 Å². The van der Waals surface area contributed by atoms with Gasteiger partial charge in [0.1, 0.15) is 5.75 Å². The zero-order valence-corrected chi connectivity index (χ0v) is 16.3. The van der Waals surface area contributed by atoms with E-state index in [1.165, 1.54) is 5.56 Å². The van der Waals surface area contributed by atoms with Crippen LogP contribution < -0.4 is 9.64 Å². The van der Waals surface area contributed by atoms with Gasteiger partial charge in [0, 0.05) is 24.6 Å². The third-order valence-corrected chi connectivity index (χ3v) is 5.22. The second kappa shape index (κ2) is 7.46. The molecule has 1 aromatic heterocycles. The molecule has 1 unspecified atom stereocenters. The van der Waals surface area contributed by atoms with E-state index in [1.54, 1.807) is 0 Å². The van der Waals surface area contributed by atoms with Crippen LogP contribution in [0, 0.1) is 13.8 Å². The highest BCUT2D eigenvalue weighted by Gasteiger charge is 2.35. The molecule has 0 bridgehead atoms. The van der Waals surface area contributed by atoms with E-state index in [-0.39, 0.29) is 11.8 Å². The monoisotopic (exact) mass is 377 g/mol. The maximum Gasteiger partial charge on any atom is 0.261 e. The molecule has 0 saturated carbocycles. The van der Waals surface area contributed by atoms with Crippen LogP contribution in [0.2, 0.25) is 0 Å². The summed E-state index contributed by atoms with van der Waals surface area (Å²) in [5.41, 5.74) is 4.01. The molecule has 4 rings (SSSR count). The summed E-state index contributed by atoms with van der Waals surface area (Å²) in [6, 6.07) is 13.6. The van der Waals surface area contributed by atoms with Crippen molar-refractivity contribution >= 4 is 11.6 Å². The van der Waals surface area contributed by atoms with Crippen LogP contribution in [0.15, 0.2) is 47.0 Å². The Morgan fingerprint density at radius 1 is 1.18 bits per heavy atom. The lowest BCUT2D eigenvalue weighted by Gasteiger charge is -2.19. The lowest BCUT2D eigenvalue weighted by atomic mass is 10.1. The Labute approximate surface area is 164 Å². The fourth-order valence-corrected chi connectivity index (χ4v) is 3.58. The maximum absolute atomic E-state index is 12.7. The number of aryl methyl sites for hydroxylation is 1. The fourth-order valence-electron chi connectivity index (χ4n) is 3.58. The Hall–Kier alpha value is -3.15. The largest absolute Gasteiger partial charge is 0.493 e. The van der Waals surface area contributed by atoms with E-state index < -0.39 is 0 Å². The first-order chi connectivity index (χ1) is 13.6. The molecule has 1 aliphatic rings. The van der Waals surface area contributed by atoms with E-state index in [0.29, 0.717) is 37.0 Å². The number of amides is 1. The summed E-state index contributed by atoms with van der Waals surface area (Å²) in [7, 11) is 0. The van der Waals surface area contributed by atoms with Gasteiger partial charge in [-0.15, -0.1) is 0 Å². The number of hydrogen-bond acceptors (Lipinski definition) is 5. The first-order valence-electron chi connectivity index (χ1n) is 9.51. The Morgan fingerprint density at radius 3 is 2.82 bits per heavy atom. The van der Waals surface area contributed by atoms with Gasteiger partial charge in [0.25, 0.3) is 5.89 Å². The molecule has 144 valence electrons. The summed E-state index contributed by atoms with van der Waals surface area (Å²) in [4.78, 5) is 19.1. The second-order valence-corrected chi connectivity index (χ2v) is 7.01. The average Bonchev–Trinajstić information content (AvgIpc) is 3.32. The number of nitrogens with zero attached hydrogens (tertiary/aromatic N) is 3. The van der Waals surface area contributed by atoms with Crippen LogP contribution in [-0.4, -0.2) is 29.2 Å². The molecular weight excluding hydrogens is 354 g/mol. The highest BCUT2D eigenvalue weighted by Crippen LogP contribution is 2.35. The van der Waals surface area contributed by atoms with Crippen molar-refractivity contribution in [2.75, 3.05) is 18.1 Å². The molecule has 0 spiro atoms. The molecule has 1 saturated heterocycles. The topological polar surface area (TPSA) is 68.5 Å². The van der Waals surface area contributed by atoms with Crippen LogP contribution in [-0.2, 0) is 4.79 Å². The number of carbonyl (C=O) groups excluding carboxylic acids is 1. The van der Waals surface area contributed by atoms with Gasteiger partial charge in [0.15, 0.2) is 5.82 Å². The van der Waals surface area contributed by atoms with Crippen molar-refractivity contribution in [3.8, 4) is 17.2 Å². The number of carbonyl (C=O) groups is 1. The summed E-state index contributed by atoms with van der Waals surface area (Å²) in [5, 5.41) is 4.16. The molecule has 0 N–H and O–H groups in total. The predicted molar refractivity (Wildman–Crippen MR) is 107 cm³/mol. The van der Waals surface area contributed by atoms with E-state index in [2.05, 4.69) is 23.1 Å². The summed E-state index contributed by atoms with van der Waals surface area (Å²) in [6.07, 6.45) is 0.374. The van der Waals surface area contributed by atoms with E-state index >= 15 is 0 Å². The normalized spacial score (nSPS) is 16.6. The molecule has 1 aliphatic heterocycles. The Balaban J connectivity index is 1.59. The summed E-state index contributed by atoms with van der Waals surface area (Å²) < 4.78 is 11.2. The van der Waals surface area contributed by atoms with Crippen LogP contribution in [0.5, 0.6) is 5.75 Å². The van der Waals surface area contributed by atoms with Gasteiger partial charge in [0.05, 0.1) is 12.2 Å². The van der Waals surface area contributed by atoms with Gasteiger partial charge in [-0.1, -0.05) is 29.4 Å². The maximum atomic E-state index is 12.7. The first kappa shape index (κ1) is 18.2. The van der Waals surface area contributed by atoms with Crippen molar-refractivity contribution in [3.63, 3.8) is 0 Å². The fraction of sp³-hybridized carbons (Fsp3) is 0.318. The SMILES string of the molecule is CCOc1ccccc1-c1nc(C2CC(=O)N(c3cccc(C)c3C)C2)no1. The highest BCUT2D eigenvalue weighted by atomic mass is 16.5. The van der Waals surface area contributed by atoms with Gasteiger partial charge in [0.2, 0.25) is 5.91 Å². The average molecular weight is 377 g/mol. The smallest absolute Gasteiger partial charge is 0.261 e. The van der Waals surface area contributed by atoms with E-state index in [1.807, 2.05) is 55.1 Å². The zero-order valence-electron chi connectivity index (χ0n) is 16.3. The Kier molecular flexibility index (Phi) is 4.86. The third-order valence-electron chi connectivity index (χ3n) is 5.22. The zero-order chi connectivity index (χ0) is 19.7. The molecule has 6 heteroatoms. The molecule has 2 heterocycles. The van der Waals surface area contributed by atoms with Gasteiger partial charge in [-0.3, -0.25) is 4.79 Å². The van der Waals surface area contributed by atoms with Crippen LogP contribution in [0.3, 0.4) is 0 Å². The van der Waals surface area contributed by atoms with E-state index in [9.17, 15) is 4.79 Å². The second-order valence-electron chi connectivity index (χ2n) is 7.01. The molecule has 6 nitrogen and oxygen atoms in total. The summed E-state index contributed by atoms with van der Waals surface area (Å²) in [5.74, 6) is 1.67. The minimum Gasteiger partial charge on any atom is -0.493 e. The molecule has 1 fully saturated rings.